The van der Waals surface area contributed by atoms with Gasteiger partial charge in [0.25, 0.3) is 11.6 Å². The van der Waals surface area contributed by atoms with E-state index in [0.717, 1.165) is 30.6 Å². The quantitative estimate of drug-likeness (QED) is 0.346. The van der Waals surface area contributed by atoms with Crippen LogP contribution in [0, 0.1) is 10.1 Å². The Morgan fingerprint density at radius 1 is 1.23 bits per heavy atom. The zero-order valence-corrected chi connectivity index (χ0v) is 18.4. The molecule has 1 saturated heterocycles. The smallest absolute Gasteiger partial charge is 0.270 e. The lowest BCUT2D eigenvalue weighted by Crippen LogP contribution is -2.40. The van der Waals surface area contributed by atoms with Gasteiger partial charge >= 0.3 is 0 Å². The molecule has 1 aliphatic rings. The molecule has 2 amide bonds. The van der Waals surface area contributed by atoms with E-state index < -0.39 is 38.1 Å². The molecular weight excluding hydrogens is 444 g/mol. The molecule has 0 unspecified atom stereocenters. The van der Waals surface area contributed by atoms with E-state index in [9.17, 15) is 28.1 Å². The molecule has 3 rings (SSSR count). The predicted octanol–water partition coefficient (Wildman–Crippen LogP) is 1.65. The SMILES string of the molecule is C=CCn1c(=NC(=O)CS(=O)(=O)CC(=O)N2CCCCC2)sc2cc([N+](=O)[O-])ccc21. The maximum atomic E-state index is 12.4. The van der Waals surface area contributed by atoms with Gasteiger partial charge in [0.15, 0.2) is 14.6 Å². The van der Waals surface area contributed by atoms with Crippen molar-refractivity contribution in [3.05, 3.63) is 45.8 Å². The Balaban J connectivity index is 1.83. The van der Waals surface area contributed by atoms with Crippen LogP contribution in [0.25, 0.3) is 10.2 Å². The summed E-state index contributed by atoms with van der Waals surface area (Å²) in [5.74, 6) is -3.00. The molecular formula is C19H22N4O6S2. The summed E-state index contributed by atoms with van der Waals surface area (Å²) < 4.78 is 26.9. The number of nitro benzene ring substituents is 1. The van der Waals surface area contributed by atoms with Crippen molar-refractivity contribution in [2.75, 3.05) is 24.6 Å². The average Bonchev–Trinajstić information content (AvgIpc) is 3.04. The minimum Gasteiger partial charge on any atom is -0.342 e. The number of thiazole rings is 1. The fourth-order valence-electron chi connectivity index (χ4n) is 3.37. The minimum absolute atomic E-state index is 0.101. The van der Waals surface area contributed by atoms with Crippen LogP contribution < -0.4 is 4.80 Å². The molecule has 2 aromatic rings. The molecule has 0 N–H and O–H groups in total. The zero-order chi connectivity index (χ0) is 22.6. The summed E-state index contributed by atoms with van der Waals surface area (Å²) in [6.07, 6.45) is 4.27. The lowest BCUT2D eigenvalue weighted by Gasteiger charge is -2.26. The number of sulfone groups is 1. The van der Waals surface area contributed by atoms with Crippen LogP contribution >= 0.6 is 11.3 Å². The summed E-state index contributed by atoms with van der Waals surface area (Å²) in [6.45, 7) is 5.00. The summed E-state index contributed by atoms with van der Waals surface area (Å²) >= 11 is 1.04. The second-order valence-corrected chi connectivity index (χ2v) is 10.2. The van der Waals surface area contributed by atoms with Crippen LogP contribution in [0.1, 0.15) is 19.3 Å². The molecule has 0 bridgehead atoms. The largest absolute Gasteiger partial charge is 0.342 e. The first-order valence-electron chi connectivity index (χ1n) is 9.64. The fourth-order valence-corrected chi connectivity index (χ4v) is 5.56. The van der Waals surface area contributed by atoms with Gasteiger partial charge in [-0.2, -0.15) is 4.99 Å². The summed E-state index contributed by atoms with van der Waals surface area (Å²) in [5.41, 5.74) is 0.515. The fraction of sp³-hybridized carbons (Fsp3) is 0.421. The number of hydrogen-bond acceptors (Lipinski definition) is 7. The van der Waals surface area contributed by atoms with Gasteiger partial charge in [-0.1, -0.05) is 17.4 Å². The van der Waals surface area contributed by atoms with Gasteiger partial charge in [0.05, 0.1) is 15.1 Å². The van der Waals surface area contributed by atoms with E-state index in [0.29, 0.717) is 23.3 Å². The Bertz CT molecular complexity index is 1210. The van der Waals surface area contributed by atoms with E-state index in [4.69, 9.17) is 0 Å². The number of amides is 2. The summed E-state index contributed by atoms with van der Waals surface area (Å²) in [4.78, 5) is 40.7. The highest BCUT2D eigenvalue weighted by Crippen LogP contribution is 2.23. The van der Waals surface area contributed by atoms with E-state index in [1.54, 1.807) is 16.7 Å². The van der Waals surface area contributed by atoms with Crippen molar-refractivity contribution in [3.8, 4) is 0 Å². The normalized spacial score (nSPS) is 15.2. The van der Waals surface area contributed by atoms with Crippen molar-refractivity contribution >= 4 is 48.9 Å². The summed E-state index contributed by atoms with van der Waals surface area (Å²) in [5, 5.41) is 11.0. The van der Waals surface area contributed by atoms with Crippen molar-refractivity contribution in [1.29, 1.82) is 0 Å². The molecule has 12 heteroatoms. The van der Waals surface area contributed by atoms with Crippen molar-refractivity contribution in [2.24, 2.45) is 4.99 Å². The topological polar surface area (TPSA) is 132 Å². The predicted molar refractivity (Wildman–Crippen MR) is 116 cm³/mol. The van der Waals surface area contributed by atoms with Crippen LogP contribution in [0.2, 0.25) is 0 Å². The highest BCUT2D eigenvalue weighted by atomic mass is 32.2. The van der Waals surface area contributed by atoms with E-state index in [2.05, 4.69) is 11.6 Å². The number of hydrogen-bond donors (Lipinski definition) is 0. The number of piperidine rings is 1. The molecule has 0 aliphatic carbocycles. The Hall–Kier alpha value is -2.86. The number of allylic oxidation sites excluding steroid dienone is 1. The van der Waals surface area contributed by atoms with E-state index in [1.165, 1.54) is 17.0 Å². The molecule has 1 aromatic heterocycles. The van der Waals surface area contributed by atoms with Gasteiger partial charge < -0.3 is 9.47 Å². The standard InChI is InChI=1S/C19H22N4O6S2/c1-2-8-22-15-7-6-14(23(26)27)11-16(15)30-19(22)20-17(24)12-31(28,29)13-18(25)21-9-4-3-5-10-21/h2,6-7,11H,1,3-5,8-10,12-13H2. The molecule has 10 nitrogen and oxygen atoms in total. The van der Waals surface area contributed by atoms with Crippen LogP contribution in [-0.4, -0.2) is 59.2 Å². The molecule has 166 valence electrons. The molecule has 1 fully saturated rings. The first-order valence-corrected chi connectivity index (χ1v) is 12.3. The van der Waals surface area contributed by atoms with Crippen LogP contribution in [0.5, 0.6) is 0 Å². The Morgan fingerprint density at radius 2 is 1.94 bits per heavy atom. The van der Waals surface area contributed by atoms with Crippen LogP contribution in [0.4, 0.5) is 5.69 Å². The van der Waals surface area contributed by atoms with Crippen molar-refractivity contribution in [3.63, 3.8) is 0 Å². The average molecular weight is 467 g/mol. The number of carbonyl (C=O) groups is 2. The number of benzene rings is 1. The van der Waals surface area contributed by atoms with Gasteiger partial charge in [0.2, 0.25) is 5.91 Å². The molecule has 0 saturated carbocycles. The van der Waals surface area contributed by atoms with Crippen LogP contribution in [0.3, 0.4) is 0 Å². The summed E-state index contributed by atoms with van der Waals surface area (Å²) in [7, 11) is -3.97. The van der Waals surface area contributed by atoms with Crippen molar-refractivity contribution in [1.82, 2.24) is 9.47 Å². The van der Waals surface area contributed by atoms with Gasteiger partial charge in [0.1, 0.15) is 11.5 Å². The van der Waals surface area contributed by atoms with Gasteiger partial charge in [0, 0.05) is 31.8 Å². The molecule has 0 atom stereocenters. The molecule has 31 heavy (non-hydrogen) atoms. The Morgan fingerprint density at radius 3 is 2.58 bits per heavy atom. The number of fused-ring (bicyclic) bond motifs is 1. The van der Waals surface area contributed by atoms with E-state index in [1.807, 2.05) is 0 Å². The second kappa shape index (κ2) is 9.52. The number of non-ortho nitro benzene ring substituents is 1. The van der Waals surface area contributed by atoms with Crippen molar-refractivity contribution < 1.29 is 22.9 Å². The Labute approximate surface area is 182 Å². The number of rotatable bonds is 7. The number of nitro groups is 1. The van der Waals surface area contributed by atoms with Gasteiger partial charge in [-0.05, 0) is 25.3 Å². The van der Waals surface area contributed by atoms with Gasteiger partial charge in [-0.3, -0.25) is 19.7 Å². The first kappa shape index (κ1) is 22.8. The lowest BCUT2D eigenvalue weighted by molar-refractivity contribution is -0.384. The zero-order valence-electron chi connectivity index (χ0n) is 16.7. The second-order valence-electron chi connectivity index (χ2n) is 7.17. The third-order valence-electron chi connectivity index (χ3n) is 4.80. The van der Waals surface area contributed by atoms with Crippen LogP contribution in [-0.2, 0) is 26.0 Å². The molecule has 1 aliphatic heterocycles. The molecule has 0 radical (unpaired) electrons. The maximum Gasteiger partial charge on any atom is 0.270 e. The number of carbonyl (C=O) groups excluding carboxylic acids is 2. The van der Waals surface area contributed by atoms with E-state index in [-0.39, 0.29) is 17.0 Å². The van der Waals surface area contributed by atoms with Gasteiger partial charge in [-0.15, -0.1) is 6.58 Å². The van der Waals surface area contributed by atoms with Crippen molar-refractivity contribution in [2.45, 2.75) is 25.8 Å². The van der Waals surface area contributed by atoms with E-state index >= 15 is 0 Å². The Kier molecular flexibility index (Phi) is 7.01. The summed E-state index contributed by atoms with van der Waals surface area (Å²) in [6, 6.07) is 4.26. The molecule has 0 spiro atoms. The van der Waals surface area contributed by atoms with Gasteiger partial charge in [-0.25, -0.2) is 8.42 Å². The highest BCUT2D eigenvalue weighted by Gasteiger charge is 2.25. The maximum absolute atomic E-state index is 12.4. The third kappa shape index (κ3) is 5.64. The molecule has 2 heterocycles. The number of aromatic nitrogens is 1. The lowest BCUT2D eigenvalue weighted by atomic mass is 10.1. The van der Waals surface area contributed by atoms with Crippen LogP contribution in [0.15, 0.2) is 35.8 Å². The minimum atomic E-state index is -3.97. The molecule has 1 aromatic carbocycles. The highest BCUT2D eigenvalue weighted by molar-refractivity contribution is 7.92. The first-order chi connectivity index (χ1) is 14.7. The third-order valence-corrected chi connectivity index (χ3v) is 7.22. The number of likely N-dealkylation sites (tertiary alicyclic amines) is 1. The monoisotopic (exact) mass is 466 g/mol. The number of nitrogens with zero attached hydrogens (tertiary/aromatic N) is 4.